The molecule has 0 unspecified atom stereocenters. The molecule has 2 N–H and O–H groups in total. The monoisotopic (exact) mass is 343 g/mol. The van der Waals surface area contributed by atoms with E-state index in [1.807, 2.05) is 27.7 Å². The van der Waals surface area contributed by atoms with E-state index in [0.29, 0.717) is 5.41 Å². The van der Waals surface area contributed by atoms with Gasteiger partial charge in [-0.2, -0.15) is 5.10 Å². The van der Waals surface area contributed by atoms with E-state index in [4.69, 9.17) is 0 Å². The van der Waals surface area contributed by atoms with Gasteiger partial charge in [-0.3, -0.25) is 5.01 Å². The second-order valence-corrected chi connectivity index (χ2v) is 5.45. The highest BCUT2D eigenvalue weighted by atomic mass is 15.4. The zero-order valence-electron chi connectivity index (χ0n) is 18.7. The summed E-state index contributed by atoms with van der Waals surface area (Å²) in [6, 6.07) is 0. The number of unbranched alkanes of at least 4 members (excludes halogenated alkanes) is 2. The highest BCUT2D eigenvalue weighted by molar-refractivity contribution is 5.23. The Hall–Kier alpha value is -0.830. The van der Waals surface area contributed by atoms with Crippen LogP contribution in [0.15, 0.2) is 16.9 Å². The fraction of sp³-hybridized carbons (Fsp3) is 0.857. The SMILES string of the molecule is C=NN(CC(C)(CC)CC)/C(=C\C)CCCCC.CC.CC.CN. The summed E-state index contributed by atoms with van der Waals surface area (Å²) in [5.41, 5.74) is 6.16. The average molecular weight is 344 g/mol. The Morgan fingerprint density at radius 2 is 1.50 bits per heavy atom. The first-order valence-corrected chi connectivity index (χ1v) is 10.0. The molecule has 0 saturated carbocycles. The van der Waals surface area contributed by atoms with E-state index in [1.54, 1.807) is 0 Å². The lowest BCUT2D eigenvalue weighted by atomic mass is 9.84. The molecule has 148 valence electrons. The van der Waals surface area contributed by atoms with E-state index < -0.39 is 0 Å². The number of hydrazone groups is 1. The molecule has 24 heavy (non-hydrogen) atoms. The molecule has 0 heterocycles. The molecule has 0 amide bonds. The molecule has 0 aromatic heterocycles. The van der Waals surface area contributed by atoms with E-state index in [2.05, 4.69) is 63.3 Å². The number of nitrogens with zero attached hydrogens (tertiary/aromatic N) is 2. The second-order valence-electron chi connectivity index (χ2n) is 5.45. The van der Waals surface area contributed by atoms with Gasteiger partial charge in [-0.1, -0.05) is 74.3 Å². The maximum atomic E-state index is 4.50. The molecule has 0 aliphatic rings. The minimum atomic E-state index is 0.334. The highest BCUT2D eigenvalue weighted by Gasteiger charge is 2.23. The number of hydrogen-bond donors (Lipinski definition) is 1. The van der Waals surface area contributed by atoms with Crippen LogP contribution in [0.4, 0.5) is 0 Å². The average Bonchev–Trinajstić information content (AvgIpc) is 2.68. The first-order valence-electron chi connectivity index (χ1n) is 10.0. The quantitative estimate of drug-likeness (QED) is 0.268. The Balaban J connectivity index is -0.000000297. The van der Waals surface area contributed by atoms with Gasteiger partial charge in [0.1, 0.15) is 0 Å². The lowest BCUT2D eigenvalue weighted by Gasteiger charge is -2.33. The fourth-order valence-corrected chi connectivity index (χ4v) is 2.06. The van der Waals surface area contributed by atoms with Gasteiger partial charge in [0.15, 0.2) is 0 Å². The molecule has 0 atom stereocenters. The molecule has 0 rings (SSSR count). The van der Waals surface area contributed by atoms with Gasteiger partial charge in [0.25, 0.3) is 0 Å². The van der Waals surface area contributed by atoms with Gasteiger partial charge in [-0.25, -0.2) is 0 Å². The maximum Gasteiger partial charge on any atom is 0.0465 e. The van der Waals surface area contributed by atoms with Gasteiger partial charge in [-0.15, -0.1) is 0 Å². The minimum absolute atomic E-state index is 0.334. The van der Waals surface area contributed by atoms with E-state index in [-0.39, 0.29) is 0 Å². The van der Waals surface area contributed by atoms with Gasteiger partial charge >= 0.3 is 0 Å². The van der Waals surface area contributed by atoms with Crippen molar-refractivity contribution in [2.75, 3.05) is 13.6 Å². The zero-order valence-corrected chi connectivity index (χ0v) is 18.7. The number of nitrogens with two attached hydrogens (primary N) is 1. The zero-order chi connectivity index (χ0) is 20.0. The van der Waals surface area contributed by atoms with Crippen molar-refractivity contribution < 1.29 is 0 Å². The van der Waals surface area contributed by atoms with Crippen LogP contribution in [0.1, 0.15) is 101 Å². The largest absolute Gasteiger partial charge is 0.333 e. The Bertz CT molecular complexity index is 256. The van der Waals surface area contributed by atoms with Gasteiger partial charge in [0.05, 0.1) is 0 Å². The van der Waals surface area contributed by atoms with Gasteiger partial charge in [0.2, 0.25) is 0 Å². The number of rotatable bonds is 10. The topological polar surface area (TPSA) is 41.6 Å². The summed E-state index contributed by atoms with van der Waals surface area (Å²) >= 11 is 0. The summed E-state index contributed by atoms with van der Waals surface area (Å²) in [4.78, 5) is 0. The van der Waals surface area contributed by atoms with E-state index in [1.165, 1.54) is 44.8 Å². The predicted octanol–water partition coefficient (Wildman–Crippen LogP) is 6.84. The van der Waals surface area contributed by atoms with Crippen molar-refractivity contribution in [2.24, 2.45) is 16.3 Å². The van der Waals surface area contributed by atoms with E-state index in [0.717, 1.165) is 13.0 Å². The maximum absolute atomic E-state index is 4.50. The Morgan fingerprint density at radius 1 is 1.04 bits per heavy atom. The molecular weight excluding hydrogens is 294 g/mol. The molecule has 0 aromatic carbocycles. The van der Waals surface area contributed by atoms with Crippen LogP contribution < -0.4 is 5.73 Å². The van der Waals surface area contributed by atoms with E-state index >= 15 is 0 Å². The first kappa shape index (κ1) is 31.0. The van der Waals surface area contributed by atoms with Crippen molar-refractivity contribution in [3.8, 4) is 0 Å². The smallest absolute Gasteiger partial charge is 0.0465 e. The van der Waals surface area contributed by atoms with Crippen molar-refractivity contribution in [2.45, 2.75) is 101 Å². The predicted molar refractivity (Wildman–Crippen MR) is 116 cm³/mol. The summed E-state index contributed by atoms with van der Waals surface area (Å²) in [6.45, 7) is 23.9. The fourth-order valence-electron chi connectivity index (χ4n) is 2.06. The summed E-state index contributed by atoms with van der Waals surface area (Å²) < 4.78 is 0. The molecule has 0 spiro atoms. The van der Waals surface area contributed by atoms with Crippen molar-refractivity contribution in [3.05, 3.63) is 11.8 Å². The summed E-state index contributed by atoms with van der Waals surface area (Å²) in [7, 11) is 1.50. The van der Waals surface area contributed by atoms with Gasteiger partial charge in [0, 0.05) is 19.0 Å². The third-order valence-electron chi connectivity index (χ3n) is 4.11. The van der Waals surface area contributed by atoms with Crippen LogP contribution in [0.2, 0.25) is 0 Å². The third kappa shape index (κ3) is 16.0. The molecular formula is C21H49N3. The molecule has 0 aromatic rings. The molecule has 3 heteroatoms. The summed E-state index contributed by atoms with van der Waals surface area (Å²) in [5, 5.41) is 6.35. The van der Waals surface area contributed by atoms with E-state index in [9.17, 15) is 0 Å². The summed E-state index contributed by atoms with van der Waals surface area (Å²) in [6.07, 6.45) is 9.48. The normalized spacial score (nSPS) is 10.2. The molecule has 0 radical (unpaired) electrons. The van der Waals surface area contributed by atoms with Gasteiger partial charge in [-0.05, 0) is 45.1 Å². The van der Waals surface area contributed by atoms with Crippen LogP contribution in [-0.4, -0.2) is 25.3 Å². The standard InChI is InChI=1S/C16H32N2.2C2H6.CH5N/c1-7-11-12-13-15(8-2)18(17-6)14-16(5,9-3)10-4;3*1-2/h8H,6-7,9-14H2,1-5H3;2*1-2H3;2H2,1H3/b15-8-;;;. The van der Waals surface area contributed by atoms with Crippen LogP contribution >= 0.6 is 0 Å². The lowest BCUT2D eigenvalue weighted by Crippen LogP contribution is -2.31. The second kappa shape index (κ2) is 24.4. The van der Waals surface area contributed by atoms with Crippen molar-refractivity contribution in [1.82, 2.24) is 5.01 Å². The van der Waals surface area contributed by atoms with Crippen LogP contribution in [0, 0.1) is 5.41 Å². The first-order chi connectivity index (χ1) is 11.6. The highest BCUT2D eigenvalue weighted by Crippen LogP contribution is 2.29. The van der Waals surface area contributed by atoms with Crippen LogP contribution in [0.3, 0.4) is 0 Å². The van der Waals surface area contributed by atoms with Crippen LogP contribution in [0.25, 0.3) is 0 Å². The Labute approximate surface area is 154 Å². The van der Waals surface area contributed by atoms with Crippen molar-refractivity contribution in [3.63, 3.8) is 0 Å². The molecule has 0 saturated heterocycles. The van der Waals surface area contributed by atoms with Gasteiger partial charge < -0.3 is 5.73 Å². The molecule has 0 aliphatic heterocycles. The van der Waals surface area contributed by atoms with Crippen molar-refractivity contribution >= 4 is 6.72 Å². The Morgan fingerprint density at radius 3 is 1.79 bits per heavy atom. The molecule has 0 bridgehead atoms. The van der Waals surface area contributed by atoms with Crippen molar-refractivity contribution in [1.29, 1.82) is 0 Å². The molecule has 0 aliphatic carbocycles. The third-order valence-corrected chi connectivity index (χ3v) is 4.11. The molecule has 0 fully saturated rings. The Kier molecular flexibility index (Phi) is 31.5. The minimum Gasteiger partial charge on any atom is -0.333 e. The number of hydrogen-bond acceptors (Lipinski definition) is 3. The number of allylic oxidation sites excluding steroid dienone is 2. The summed E-state index contributed by atoms with van der Waals surface area (Å²) in [5.74, 6) is 0. The van der Waals surface area contributed by atoms with Crippen LogP contribution in [0.5, 0.6) is 0 Å². The van der Waals surface area contributed by atoms with Crippen LogP contribution in [-0.2, 0) is 0 Å². The lowest BCUT2D eigenvalue weighted by molar-refractivity contribution is 0.186. The molecule has 3 nitrogen and oxygen atoms in total.